The van der Waals surface area contributed by atoms with Crippen LogP contribution in [0.15, 0.2) is 36.4 Å². The van der Waals surface area contributed by atoms with Gasteiger partial charge in [-0.15, -0.1) is 0 Å². The van der Waals surface area contributed by atoms with E-state index in [1.54, 1.807) is 12.1 Å². The third-order valence-electron chi connectivity index (χ3n) is 4.29. The average Bonchev–Trinajstić information content (AvgIpc) is 2.46. The van der Waals surface area contributed by atoms with Crippen LogP contribution in [0.3, 0.4) is 0 Å². The fourth-order valence-electron chi connectivity index (χ4n) is 2.92. The van der Waals surface area contributed by atoms with Gasteiger partial charge in [0.15, 0.2) is 0 Å². The Kier molecular flexibility index (Phi) is 4.95. The molecule has 0 saturated heterocycles. The van der Waals surface area contributed by atoms with Crippen molar-refractivity contribution in [1.82, 2.24) is 0 Å². The maximum absolute atomic E-state index is 9.58. The van der Waals surface area contributed by atoms with Crippen molar-refractivity contribution in [3.8, 4) is 16.9 Å². The molecule has 2 aromatic rings. The molecule has 0 bridgehead atoms. The highest BCUT2D eigenvalue weighted by molar-refractivity contribution is 5.73. The van der Waals surface area contributed by atoms with Crippen molar-refractivity contribution in [3.05, 3.63) is 53.1 Å². The lowest BCUT2D eigenvalue weighted by Gasteiger charge is -2.23. The molecule has 0 fully saturated rings. The van der Waals surface area contributed by atoms with Crippen LogP contribution in [0.2, 0.25) is 0 Å². The fourth-order valence-corrected chi connectivity index (χ4v) is 2.92. The van der Waals surface area contributed by atoms with Gasteiger partial charge in [0, 0.05) is 0 Å². The summed E-state index contributed by atoms with van der Waals surface area (Å²) in [5.74, 6) is 1.80. The molecule has 2 aromatic carbocycles. The average molecular weight is 296 g/mol. The van der Waals surface area contributed by atoms with E-state index in [-0.39, 0.29) is 0 Å². The summed E-state index contributed by atoms with van der Waals surface area (Å²) in [6.45, 7) is 13.5. The van der Waals surface area contributed by atoms with Gasteiger partial charge in [0.1, 0.15) is 5.75 Å². The topological polar surface area (TPSA) is 20.2 Å². The molecule has 0 saturated carbocycles. The van der Waals surface area contributed by atoms with Crippen LogP contribution in [0.1, 0.15) is 76.0 Å². The van der Waals surface area contributed by atoms with Crippen LogP contribution in [-0.2, 0) is 0 Å². The molecule has 0 unspecified atom stereocenters. The number of phenols is 1. The van der Waals surface area contributed by atoms with Gasteiger partial charge in [-0.3, -0.25) is 0 Å². The SMILES string of the molecule is CC(C)c1cc(C(C)C)c(-c2ccc(O)cc2)c(C(C)C)c1. The zero-order chi connectivity index (χ0) is 16.4. The Morgan fingerprint density at radius 1 is 0.682 bits per heavy atom. The fraction of sp³-hybridized carbons (Fsp3) is 0.429. The molecule has 0 aliphatic heterocycles. The van der Waals surface area contributed by atoms with Gasteiger partial charge in [-0.05, 0) is 57.7 Å². The zero-order valence-corrected chi connectivity index (χ0v) is 14.6. The van der Waals surface area contributed by atoms with Crippen LogP contribution < -0.4 is 0 Å². The third kappa shape index (κ3) is 3.35. The quantitative estimate of drug-likeness (QED) is 0.689. The van der Waals surface area contributed by atoms with E-state index in [2.05, 4.69) is 53.7 Å². The van der Waals surface area contributed by atoms with Crippen molar-refractivity contribution in [3.63, 3.8) is 0 Å². The highest BCUT2D eigenvalue weighted by Crippen LogP contribution is 2.39. The van der Waals surface area contributed by atoms with E-state index in [9.17, 15) is 5.11 Å². The maximum atomic E-state index is 9.58. The largest absolute Gasteiger partial charge is 0.508 e. The van der Waals surface area contributed by atoms with Gasteiger partial charge in [0.25, 0.3) is 0 Å². The molecule has 0 aliphatic rings. The molecular formula is C21H28O. The van der Waals surface area contributed by atoms with Crippen LogP contribution >= 0.6 is 0 Å². The van der Waals surface area contributed by atoms with Gasteiger partial charge in [-0.25, -0.2) is 0 Å². The number of rotatable bonds is 4. The molecule has 0 amide bonds. The minimum atomic E-state index is 0.319. The van der Waals surface area contributed by atoms with E-state index in [0.29, 0.717) is 23.5 Å². The number of hydrogen-bond acceptors (Lipinski definition) is 1. The number of aromatic hydroxyl groups is 1. The second-order valence-corrected chi connectivity index (χ2v) is 7.09. The summed E-state index contributed by atoms with van der Waals surface area (Å²) in [5, 5.41) is 9.58. The van der Waals surface area contributed by atoms with Crippen LogP contribution in [0.5, 0.6) is 5.75 Å². The summed E-state index contributed by atoms with van der Waals surface area (Å²) in [6, 6.07) is 12.3. The molecule has 0 aliphatic carbocycles. The molecule has 22 heavy (non-hydrogen) atoms. The first kappa shape index (κ1) is 16.6. The summed E-state index contributed by atoms with van der Waals surface area (Å²) >= 11 is 0. The molecule has 1 nitrogen and oxygen atoms in total. The lowest BCUT2D eigenvalue weighted by molar-refractivity contribution is 0.475. The minimum absolute atomic E-state index is 0.319. The van der Waals surface area contributed by atoms with Gasteiger partial charge >= 0.3 is 0 Å². The standard InChI is InChI=1S/C21H28O/c1-13(2)17-11-19(14(3)4)21(20(12-17)15(5)6)16-7-9-18(22)10-8-16/h7-15,22H,1-6H3. The Morgan fingerprint density at radius 3 is 1.50 bits per heavy atom. The summed E-state index contributed by atoms with van der Waals surface area (Å²) in [7, 11) is 0. The number of phenolic OH excluding ortho intramolecular Hbond substituents is 1. The van der Waals surface area contributed by atoms with Crippen molar-refractivity contribution in [2.45, 2.75) is 59.3 Å². The molecule has 1 N–H and O–H groups in total. The van der Waals surface area contributed by atoms with E-state index in [0.717, 1.165) is 0 Å². The van der Waals surface area contributed by atoms with Crippen molar-refractivity contribution in [1.29, 1.82) is 0 Å². The summed E-state index contributed by atoms with van der Waals surface area (Å²) < 4.78 is 0. The van der Waals surface area contributed by atoms with Gasteiger partial charge in [0.05, 0.1) is 0 Å². The molecule has 2 rings (SSSR count). The Bertz CT molecular complexity index is 604. The van der Waals surface area contributed by atoms with E-state index < -0.39 is 0 Å². The molecule has 1 heteroatoms. The molecule has 118 valence electrons. The summed E-state index contributed by atoms with van der Waals surface area (Å²) in [5.41, 5.74) is 6.76. The van der Waals surface area contributed by atoms with Gasteiger partial charge < -0.3 is 5.11 Å². The lowest BCUT2D eigenvalue weighted by Crippen LogP contribution is -2.03. The van der Waals surface area contributed by atoms with Crippen LogP contribution in [0.25, 0.3) is 11.1 Å². The molecule has 0 radical (unpaired) electrons. The van der Waals surface area contributed by atoms with Crippen molar-refractivity contribution in [2.24, 2.45) is 0 Å². The van der Waals surface area contributed by atoms with Crippen molar-refractivity contribution < 1.29 is 5.11 Å². The van der Waals surface area contributed by atoms with E-state index in [4.69, 9.17) is 0 Å². The van der Waals surface area contributed by atoms with Gasteiger partial charge in [-0.1, -0.05) is 65.8 Å². The normalized spacial score (nSPS) is 11.7. The smallest absolute Gasteiger partial charge is 0.115 e. The number of benzene rings is 2. The second-order valence-electron chi connectivity index (χ2n) is 7.09. The molecule has 0 aromatic heterocycles. The third-order valence-corrected chi connectivity index (χ3v) is 4.29. The Morgan fingerprint density at radius 2 is 1.14 bits per heavy atom. The first-order valence-corrected chi connectivity index (χ1v) is 8.28. The van der Waals surface area contributed by atoms with Gasteiger partial charge in [0.2, 0.25) is 0 Å². The predicted molar refractivity (Wildman–Crippen MR) is 95.8 cm³/mol. The van der Waals surface area contributed by atoms with Crippen LogP contribution in [0.4, 0.5) is 0 Å². The maximum Gasteiger partial charge on any atom is 0.115 e. The van der Waals surface area contributed by atoms with E-state index >= 15 is 0 Å². The predicted octanol–water partition coefficient (Wildman–Crippen LogP) is 6.43. The first-order chi connectivity index (χ1) is 10.3. The first-order valence-electron chi connectivity index (χ1n) is 8.28. The van der Waals surface area contributed by atoms with Crippen LogP contribution in [-0.4, -0.2) is 5.11 Å². The molecule has 0 heterocycles. The zero-order valence-electron chi connectivity index (χ0n) is 14.6. The highest BCUT2D eigenvalue weighted by Gasteiger charge is 2.18. The Balaban J connectivity index is 2.76. The van der Waals surface area contributed by atoms with Crippen molar-refractivity contribution in [2.75, 3.05) is 0 Å². The monoisotopic (exact) mass is 296 g/mol. The summed E-state index contributed by atoms with van der Waals surface area (Å²) in [4.78, 5) is 0. The Hall–Kier alpha value is -1.76. The number of hydrogen-bond donors (Lipinski definition) is 1. The molecule has 0 atom stereocenters. The molecular weight excluding hydrogens is 268 g/mol. The lowest BCUT2D eigenvalue weighted by atomic mass is 9.82. The Labute approximate surface area is 135 Å². The second kappa shape index (κ2) is 6.56. The summed E-state index contributed by atoms with van der Waals surface area (Å²) in [6.07, 6.45) is 0. The van der Waals surface area contributed by atoms with Gasteiger partial charge in [-0.2, -0.15) is 0 Å². The van der Waals surface area contributed by atoms with E-state index in [1.165, 1.54) is 27.8 Å². The van der Waals surface area contributed by atoms with Crippen LogP contribution in [0, 0.1) is 0 Å². The van der Waals surface area contributed by atoms with E-state index in [1.807, 2.05) is 12.1 Å². The minimum Gasteiger partial charge on any atom is -0.508 e. The molecule has 0 spiro atoms. The van der Waals surface area contributed by atoms with Crippen molar-refractivity contribution >= 4 is 0 Å². The highest BCUT2D eigenvalue weighted by atomic mass is 16.3.